The third-order valence-electron chi connectivity index (χ3n) is 3.93. The van der Waals surface area contributed by atoms with E-state index in [1.54, 1.807) is 13.1 Å². The molecule has 1 fully saturated rings. The third kappa shape index (κ3) is 2.21. The second-order valence-electron chi connectivity index (χ2n) is 5.23. The van der Waals surface area contributed by atoms with Gasteiger partial charge in [-0.2, -0.15) is 5.10 Å². The minimum Gasteiger partial charge on any atom is -0.371 e. The van der Waals surface area contributed by atoms with Gasteiger partial charge in [0.15, 0.2) is 5.82 Å². The lowest BCUT2D eigenvalue weighted by Gasteiger charge is -2.31. The predicted molar refractivity (Wildman–Crippen MR) is 76.8 cm³/mol. The Morgan fingerprint density at radius 3 is 3.10 bits per heavy atom. The topological polar surface area (TPSA) is 62.5 Å². The van der Waals surface area contributed by atoms with Crippen LogP contribution in [0.15, 0.2) is 18.5 Å². The number of rotatable bonds is 2. The number of aromatic nitrogens is 3. The van der Waals surface area contributed by atoms with Gasteiger partial charge in [0.1, 0.15) is 5.52 Å². The molecular formula is C14H19N5O. The maximum absolute atomic E-state index is 11.5. The molecule has 1 aliphatic heterocycles. The number of amides is 1. The highest BCUT2D eigenvalue weighted by Crippen LogP contribution is 2.27. The SMILES string of the molecule is CNc1nc([C@H]2CCCN(C(C)=O)C2)cn2nccc12. The van der Waals surface area contributed by atoms with E-state index in [1.807, 2.05) is 28.7 Å². The van der Waals surface area contributed by atoms with Gasteiger partial charge in [-0.25, -0.2) is 9.50 Å². The zero-order valence-electron chi connectivity index (χ0n) is 11.8. The lowest BCUT2D eigenvalue weighted by Crippen LogP contribution is -2.38. The second-order valence-corrected chi connectivity index (χ2v) is 5.23. The summed E-state index contributed by atoms with van der Waals surface area (Å²) < 4.78 is 1.85. The van der Waals surface area contributed by atoms with Gasteiger partial charge in [0.05, 0.1) is 18.1 Å². The molecule has 1 N–H and O–H groups in total. The molecule has 0 aliphatic carbocycles. The fraction of sp³-hybridized carbons (Fsp3) is 0.500. The molecule has 20 heavy (non-hydrogen) atoms. The largest absolute Gasteiger partial charge is 0.371 e. The summed E-state index contributed by atoms with van der Waals surface area (Å²) in [6, 6.07) is 1.94. The van der Waals surface area contributed by atoms with Gasteiger partial charge in [-0.1, -0.05) is 0 Å². The molecule has 0 spiro atoms. The van der Waals surface area contributed by atoms with Crippen LogP contribution in [-0.2, 0) is 4.79 Å². The second kappa shape index (κ2) is 5.11. The van der Waals surface area contributed by atoms with E-state index in [0.29, 0.717) is 0 Å². The summed E-state index contributed by atoms with van der Waals surface area (Å²) >= 11 is 0. The van der Waals surface area contributed by atoms with E-state index in [4.69, 9.17) is 4.98 Å². The quantitative estimate of drug-likeness (QED) is 0.900. The van der Waals surface area contributed by atoms with Crippen molar-refractivity contribution in [2.75, 3.05) is 25.5 Å². The van der Waals surface area contributed by atoms with Crippen LogP contribution in [0.4, 0.5) is 5.82 Å². The molecule has 0 unspecified atom stereocenters. The average molecular weight is 273 g/mol. The molecule has 1 atom stereocenters. The smallest absolute Gasteiger partial charge is 0.219 e. The summed E-state index contributed by atoms with van der Waals surface area (Å²) in [7, 11) is 1.86. The van der Waals surface area contributed by atoms with Gasteiger partial charge < -0.3 is 10.2 Å². The fourth-order valence-electron chi connectivity index (χ4n) is 2.83. The normalized spacial score (nSPS) is 19.3. The van der Waals surface area contributed by atoms with Crippen molar-refractivity contribution < 1.29 is 4.79 Å². The Labute approximate surface area is 117 Å². The van der Waals surface area contributed by atoms with Crippen LogP contribution in [0.5, 0.6) is 0 Å². The number of nitrogens with zero attached hydrogens (tertiary/aromatic N) is 4. The first-order valence-corrected chi connectivity index (χ1v) is 6.96. The van der Waals surface area contributed by atoms with E-state index in [9.17, 15) is 4.79 Å². The molecular weight excluding hydrogens is 254 g/mol. The van der Waals surface area contributed by atoms with Crippen LogP contribution in [0.3, 0.4) is 0 Å². The number of carbonyl (C=O) groups excluding carboxylic acids is 1. The number of fused-ring (bicyclic) bond motifs is 1. The van der Waals surface area contributed by atoms with Gasteiger partial charge in [-0.15, -0.1) is 0 Å². The van der Waals surface area contributed by atoms with Gasteiger partial charge in [0.25, 0.3) is 0 Å². The summed E-state index contributed by atoms with van der Waals surface area (Å²) in [6.45, 7) is 3.23. The molecule has 0 saturated carbocycles. The fourth-order valence-corrected chi connectivity index (χ4v) is 2.83. The summed E-state index contributed by atoms with van der Waals surface area (Å²) in [5.41, 5.74) is 1.96. The van der Waals surface area contributed by atoms with Gasteiger partial charge in [0, 0.05) is 33.0 Å². The molecule has 2 aromatic rings. The highest BCUT2D eigenvalue weighted by Gasteiger charge is 2.24. The van der Waals surface area contributed by atoms with Gasteiger partial charge in [-0.3, -0.25) is 4.79 Å². The van der Waals surface area contributed by atoms with Crippen LogP contribution < -0.4 is 5.32 Å². The maximum atomic E-state index is 11.5. The Hall–Kier alpha value is -2.11. The van der Waals surface area contributed by atoms with Crippen LogP contribution in [-0.4, -0.2) is 45.5 Å². The summed E-state index contributed by atoms with van der Waals surface area (Å²) in [5, 5.41) is 7.41. The number of piperidine rings is 1. The Balaban J connectivity index is 1.94. The van der Waals surface area contributed by atoms with Crippen molar-refractivity contribution in [3.63, 3.8) is 0 Å². The number of likely N-dealkylation sites (tertiary alicyclic amines) is 1. The molecule has 1 saturated heterocycles. The van der Waals surface area contributed by atoms with Crippen molar-refractivity contribution in [2.45, 2.75) is 25.7 Å². The van der Waals surface area contributed by atoms with E-state index in [1.165, 1.54) is 0 Å². The van der Waals surface area contributed by atoms with Gasteiger partial charge in [-0.05, 0) is 18.9 Å². The van der Waals surface area contributed by atoms with Gasteiger partial charge in [0.2, 0.25) is 5.91 Å². The van der Waals surface area contributed by atoms with Crippen LogP contribution >= 0.6 is 0 Å². The van der Waals surface area contributed by atoms with E-state index in [2.05, 4.69) is 10.4 Å². The standard InChI is InChI=1S/C14H19N5O/c1-10(20)18-7-3-4-11(8-18)12-9-19-13(5-6-16-19)14(15-2)17-12/h5-6,9,11H,3-4,7-8H2,1-2H3,(H,15,17)/t11-/m0/s1. The zero-order chi connectivity index (χ0) is 14.1. The van der Waals surface area contributed by atoms with Crippen molar-refractivity contribution >= 4 is 17.2 Å². The molecule has 2 aromatic heterocycles. The van der Waals surface area contributed by atoms with Crippen LogP contribution in [0.2, 0.25) is 0 Å². The Kier molecular flexibility index (Phi) is 3.30. The van der Waals surface area contributed by atoms with Crippen LogP contribution in [0, 0.1) is 0 Å². The molecule has 0 bridgehead atoms. The lowest BCUT2D eigenvalue weighted by atomic mass is 9.95. The summed E-state index contributed by atoms with van der Waals surface area (Å²) in [4.78, 5) is 18.1. The van der Waals surface area contributed by atoms with Crippen molar-refractivity contribution in [3.05, 3.63) is 24.2 Å². The first kappa shape index (κ1) is 12.9. The lowest BCUT2D eigenvalue weighted by molar-refractivity contribution is -0.130. The Morgan fingerprint density at radius 2 is 2.35 bits per heavy atom. The summed E-state index contributed by atoms with van der Waals surface area (Å²) in [5.74, 6) is 1.26. The molecule has 3 heterocycles. The van der Waals surface area contributed by atoms with Crippen molar-refractivity contribution in [3.8, 4) is 0 Å². The molecule has 106 valence electrons. The predicted octanol–water partition coefficient (Wildman–Crippen LogP) is 1.50. The first-order valence-electron chi connectivity index (χ1n) is 6.96. The molecule has 6 nitrogen and oxygen atoms in total. The maximum Gasteiger partial charge on any atom is 0.219 e. The first-order chi connectivity index (χ1) is 9.69. The summed E-state index contributed by atoms with van der Waals surface area (Å²) in [6.07, 6.45) is 5.83. The molecule has 0 radical (unpaired) electrons. The van der Waals surface area contributed by atoms with Crippen LogP contribution in [0.25, 0.3) is 5.52 Å². The van der Waals surface area contributed by atoms with Crippen LogP contribution in [0.1, 0.15) is 31.4 Å². The van der Waals surface area contributed by atoms with E-state index < -0.39 is 0 Å². The Bertz CT molecular complexity index is 636. The zero-order valence-corrected chi connectivity index (χ0v) is 11.8. The molecule has 1 amide bonds. The molecule has 3 rings (SSSR count). The highest BCUT2D eigenvalue weighted by molar-refractivity contribution is 5.73. The number of carbonyl (C=O) groups is 1. The number of anilines is 1. The molecule has 1 aliphatic rings. The minimum absolute atomic E-state index is 0.142. The Morgan fingerprint density at radius 1 is 1.50 bits per heavy atom. The number of hydrogen-bond donors (Lipinski definition) is 1. The number of hydrogen-bond acceptors (Lipinski definition) is 4. The van der Waals surface area contributed by atoms with Crippen molar-refractivity contribution in [2.24, 2.45) is 0 Å². The van der Waals surface area contributed by atoms with E-state index in [-0.39, 0.29) is 11.8 Å². The highest BCUT2D eigenvalue weighted by atomic mass is 16.2. The minimum atomic E-state index is 0.142. The van der Waals surface area contributed by atoms with E-state index in [0.717, 1.165) is 43.0 Å². The van der Waals surface area contributed by atoms with Crippen molar-refractivity contribution in [1.29, 1.82) is 0 Å². The van der Waals surface area contributed by atoms with Gasteiger partial charge >= 0.3 is 0 Å². The monoisotopic (exact) mass is 273 g/mol. The van der Waals surface area contributed by atoms with Crippen molar-refractivity contribution in [1.82, 2.24) is 19.5 Å². The van der Waals surface area contributed by atoms with E-state index >= 15 is 0 Å². The molecule has 0 aromatic carbocycles. The average Bonchev–Trinajstić information content (AvgIpc) is 2.94. The third-order valence-corrected chi connectivity index (χ3v) is 3.93. The number of nitrogens with one attached hydrogen (secondary N) is 1. The molecule has 6 heteroatoms.